The maximum Gasteiger partial charge on any atom is 0.123 e. The summed E-state index contributed by atoms with van der Waals surface area (Å²) in [6.45, 7) is 7.08. The number of nitrogens with zero attached hydrogens (tertiary/aromatic N) is 3. The highest BCUT2D eigenvalue weighted by Crippen LogP contribution is 2.26. The smallest absolute Gasteiger partial charge is 0.123 e. The van der Waals surface area contributed by atoms with Crippen LogP contribution in [0.25, 0.3) is 10.6 Å². The van der Waals surface area contributed by atoms with Crippen molar-refractivity contribution in [1.82, 2.24) is 14.8 Å². The Kier molecular flexibility index (Phi) is 12.4. The van der Waals surface area contributed by atoms with E-state index in [2.05, 4.69) is 27.3 Å². The summed E-state index contributed by atoms with van der Waals surface area (Å²) < 4.78 is 5.20. The van der Waals surface area contributed by atoms with Gasteiger partial charge in [0.1, 0.15) is 10.8 Å². The van der Waals surface area contributed by atoms with Gasteiger partial charge >= 0.3 is 0 Å². The second-order valence-corrected chi connectivity index (χ2v) is 6.64. The summed E-state index contributed by atoms with van der Waals surface area (Å²) in [6.07, 6.45) is 0. The highest BCUT2D eigenvalue weighted by molar-refractivity contribution is 7.13. The van der Waals surface area contributed by atoms with Crippen molar-refractivity contribution >= 4 is 48.6 Å². The van der Waals surface area contributed by atoms with Crippen LogP contribution in [0.5, 0.6) is 5.75 Å². The van der Waals surface area contributed by atoms with E-state index < -0.39 is 0 Å². The van der Waals surface area contributed by atoms with Crippen molar-refractivity contribution in [1.29, 1.82) is 0 Å². The van der Waals surface area contributed by atoms with E-state index in [0.29, 0.717) is 0 Å². The summed E-state index contributed by atoms with van der Waals surface area (Å²) in [5.74, 6) is 0.876. The van der Waals surface area contributed by atoms with Crippen molar-refractivity contribution in [3.63, 3.8) is 0 Å². The van der Waals surface area contributed by atoms with Gasteiger partial charge in [-0.1, -0.05) is 0 Å². The molecule has 1 saturated heterocycles. The molecule has 2 heterocycles. The molecule has 1 aliphatic heterocycles. The predicted octanol–water partition coefficient (Wildman–Crippen LogP) is 3.16. The van der Waals surface area contributed by atoms with E-state index in [-0.39, 0.29) is 37.2 Å². The van der Waals surface area contributed by atoms with Crippen LogP contribution in [0.2, 0.25) is 0 Å². The number of hydrogen-bond donors (Lipinski definition) is 1. The SMILES string of the molecule is COc1ccc(-c2nc(CN3CCN(CCN)CC3)cs2)cc1.Cl.Cl.Cl. The number of hydrogen-bond acceptors (Lipinski definition) is 6. The molecule has 2 aromatic rings. The van der Waals surface area contributed by atoms with Crippen LogP contribution in [0.4, 0.5) is 0 Å². The first kappa shape index (κ1) is 25.4. The molecule has 0 bridgehead atoms. The minimum absolute atomic E-state index is 0. The molecule has 1 fully saturated rings. The van der Waals surface area contributed by atoms with Gasteiger partial charge in [0, 0.05) is 56.8 Å². The predicted molar refractivity (Wildman–Crippen MR) is 117 cm³/mol. The number of halogens is 3. The fourth-order valence-corrected chi connectivity index (χ4v) is 3.65. The number of nitrogens with two attached hydrogens (primary N) is 1. The number of ether oxygens (including phenoxy) is 1. The maximum atomic E-state index is 5.62. The molecule has 9 heteroatoms. The lowest BCUT2D eigenvalue weighted by Gasteiger charge is -2.34. The summed E-state index contributed by atoms with van der Waals surface area (Å²) in [7, 11) is 1.68. The molecule has 0 radical (unpaired) electrons. The van der Waals surface area contributed by atoms with Crippen molar-refractivity contribution in [2.45, 2.75) is 6.54 Å². The van der Waals surface area contributed by atoms with Crippen LogP contribution in [0.3, 0.4) is 0 Å². The lowest BCUT2D eigenvalue weighted by Crippen LogP contribution is -2.47. The number of piperazine rings is 1. The zero-order valence-electron chi connectivity index (χ0n) is 14.8. The number of rotatable bonds is 6. The highest BCUT2D eigenvalue weighted by atomic mass is 35.5. The standard InChI is InChI=1S/C17H24N4OS.3ClH/c1-22-16-4-2-14(3-5-16)17-19-15(13-23-17)12-21-10-8-20(7-6-18)9-11-21;;;/h2-5,13H,6-12,18H2,1H3;3*1H. The van der Waals surface area contributed by atoms with E-state index in [4.69, 9.17) is 15.5 Å². The Balaban J connectivity index is 0.00000208. The fourth-order valence-electron chi connectivity index (χ4n) is 2.83. The fraction of sp³-hybridized carbons (Fsp3) is 0.471. The Morgan fingerprint density at radius 3 is 2.23 bits per heavy atom. The highest BCUT2D eigenvalue weighted by Gasteiger charge is 2.17. The average molecular weight is 442 g/mol. The molecule has 1 aliphatic rings. The van der Waals surface area contributed by atoms with Crippen LogP contribution in [0, 0.1) is 0 Å². The molecule has 3 rings (SSSR count). The molecule has 0 amide bonds. The van der Waals surface area contributed by atoms with Crippen LogP contribution in [0.15, 0.2) is 29.6 Å². The van der Waals surface area contributed by atoms with Crippen molar-refractivity contribution in [2.75, 3.05) is 46.4 Å². The molecular weight excluding hydrogens is 415 g/mol. The molecule has 0 atom stereocenters. The summed E-state index contributed by atoms with van der Waals surface area (Å²) in [4.78, 5) is 9.69. The third-order valence-electron chi connectivity index (χ3n) is 4.18. The van der Waals surface area contributed by atoms with E-state index in [9.17, 15) is 0 Å². The molecule has 2 N–H and O–H groups in total. The molecular formula is C17H27Cl3N4OS. The first-order valence-electron chi connectivity index (χ1n) is 8.02. The van der Waals surface area contributed by atoms with Crippen LogP contribution in [0.1, 0.15) is 5.69 Å². The van der Waals surface area contributed by atoms with Crippen molar-refractivity contribution < 1.29 is 4.74 Å². The molecule has 1 aromatic heterocycles. The van der Waals surface area contributed by atoms with Gasteiger partial charge in [-0.2, -0.15) is 0 Å². The Morgan fingerprint density at radius 1 is 1.04 bits per heavy atom. The zero-order valence-corrected chi connectivity index (χ0v) is 18.1. The summed E-state index contributed by atoms with van der Waals surface area (Å²) in [5, 5.41) is 3.25. The molecule has 0 unspecified atom stereocenters. The molecule has 0 aliphatic carbocycles. The van der Waals surface area contributed by atoms with Crippen LogP contribution < -0.4 is 10.5 Å². The molecule has 5 nitrogen and oxygen atoms in total. The third kappa shape index (κ3) is 6.85. The molecule has 1 aromatic carbocycles. The van der Waals surface area contributed by atoms with Gasteiger partial charge < -0.3 is 10.5 Å². The molecule has 26 heavy (non-hydrogen) atoms. The first-order chi connectivity index (χ1) is 11.3. The lowest BCUT2D eigenvalue weighted by molar-refractivity contribution is 0.129. The monoisotopic (exact) mass is 440 g/mol. The van der Waals surface area contributed by atoms with E-state index in [1.54, 1.807) is 18.4 Å². The second kappa shape index (κ2) is 12.7. The van der Waals surface area contributed by atoms with Crippen LogP contribution in [-0.4, -0.2) is 61.2 Å². The Bertz CT molecular complexity index is 619. The third-order valence-corrected chi connectivity index (χ3v) is 5.12. The molecule has 0 saturated carbocycles. The minimum Gasteiger partial charge on any atom is -0.497 e. The van der Waals surface area contributed by atoms with Crippen molar-refractivity contribution in [2.24, 2.45) is 5.73 Å². The Labute approximate surface area is 178 Å². The topological polar surface area (TPSA) is 54.6 Å². The number of methoxy groups -OCH3 is 1. The number of benzene rings is 1. The molecule has 148 valence electrons. The maximum absolute atomic E-state index is 5.62. The van der Waals surface area contributed by atoms with Gasteiger partial charge in [-0.3, -0.25) is 9.80 Å². The lowest BCUT2D eigenvalue weighted by atomic mass is 10.2. The van der Waals surface area contributed by atoms with Crippen LogP contribution in [-0.2, 0) is 6.54 Å². The van der Waals surface area contributed by atoms with Gasteiger partial charge in [0.25, 0.3) is 0 Å². The largest absolute Gasteiger partial charge is 0.497 e. The van der Waals surface area contributed by atoms with E-state index in [1.165, 1.54) is 0 Å². The van der Waals surface area contributed by atoms with Gasteiger partial charge in [0.2, 0.25) is 0 Å². The Hall–Kier alpha value is -0.600. The van der Waals surface area contributed by atoms with E-state index in [0.717, 1.165) is 67.8 Å². The average Bonchev–Trinajstić information content (AvgIpc) is 3.05. The first-order valence-corrected chi connectivity index (χ1v) is 8.90. The Morgan fingerprint density at radius 2 is 1.65 bits per heavy atom. The quantitative estimate of drug-likeness (QED) is 0.746. The second-order valence-electron chi connectivity index (χ2n) is 5.78. The summed E-state index contributed by atoms with van der Waals surface area (Å²) >= 11 is 1.71. The summed E-state index contributed by atoms with van der Waals surface area (Å²) in [6, 6.07) is 8.08. The van der Waals surface area contributed by atoms with E-state index in [1.807, 2.05) is 12.1 Å². The van der Waals surface area contributed by atoms with Crippen molar-refractivity contribution in [3.05, 3.63) is 35.3 Å². The van der Waals surface area contributed by atoms with Crippen molar-refractivity contribution in [3.8, 4) is 16.3 Å². The van der Waals surface area contributed by atoms with Gasteiger partial charge in [-0.15, -0.1) is 48.6 Å². The van der Waals surface area contributed by atoms with Gasteiger partial charge in [-0.05, 0) is 24.3 Å². The van der Waals surface area contributed by atoms with Crippen LogP contribution >= 0.6 is 48.6 Å². The molecule has 0 spiro atoms. The van der Waals surface area contributed by atoms with Gasteiger partial charge in [0.05, 0.1) is 12.8 Å². The summed E-state index contributed by atoms with van der Waals surface area (Å²) in [5.41, 5.74) is 7.93. The van der Waals surface area contributed by atoms with Gasteiger partial charge in [0.15, 0.2) is 0 Å². The van der Waals surface area contributed by atoms with Gasteiger partial charge in [-0.25, -0.2) is 4.98 Å². The minimum atomic E-state index is 0. The normalized spacial score (nSPS) is 14.7. The zero-order chi connectivity index (χ0) is 16.1. The van der Waals surface area contributed by atoms with E-state index >= 15 is 0 Å². The number of thiazole rings is 1. The number of aromatic nitrogens is 1.